The van der Waals surface area contributed by atoms with Gasteiger partial charge >= 0.3 is 0 Å². The third-order valence-electron chi connectivity index (χ3n) is 4.17. The van der Waals surface area contributed by atoms with Crippen molar-refractivity contribution >= 4 is 23.2 Å². The van der Waals surface area contributed by atoms with Gasteiger partial charge in [-0.15, -0.1) is 0 Å². The number of amides is 2. The lowest BCUT2D eigenvalue weighted by atomic mass is 10.1. The predicted octanol–water partition coefficient (Wildman–Crippen LogP) is 1.95. The van der Waals surface area contributed by atoms with Crippen LogP contribution in [0.5, 0.6) is 0 Å². The molecule has 0 aliphatic carbocycles. The maximum atomic E-state index is 12.5. The van der Waals surface area contributed by atoms with Crippen LogP contribution in [-0.4, -0.2) is 44.3 Å². The minimum atomic E-state index is -0.0637. The number of ether oxygens (including phenoxy) is 2. The van der Waals surface area contributed by atoms with Crippen LogP contribution in [0.2, 0.25) is 0 Å². The Hall–Kier alpha value is -1.92. The number of nitrogens with zero attached hydrogens (tertiary/aromatic N) is 1. The molecule has 0 atom stereocenters. The van der Waals surface area contributed by atoms with Crippen LogP contribution in [0.4, 0.5) is 11.4 Å². The van der Waals surface area contributed by atoms with E-state index in [4.69, 9.17) is 9.47 Å². The summed E-state index contributed by atoms with van der Waals surface area (Å²) in [5, 5.41) is 2.84. The van der Waals surface area contributed by atoms with E-state index in [2.05, 4.69) is 5.32 Å². The summed E-state index contributed by atoms with van der Waals surface area (Å²) in [7, 11) is 0. The lowest BCUT2D eigenvalue weighted by Crippen LogP contribution is -2.33. The molecule has 1 aromatic rings. The Morgan fingerprint density at radius 1 is 1.30 bits per heavy atom. The number of carbonyl (C=O) groups excluding carboxylic acids is 2. The maximum absolute atomic E-state index is 12.5. The molecule has 6 nitrogen and oxygen atoms in total. The van der Waals surface area contributed by atoms with Crippen LogP contribution in [0.3, 0.4) is 0 Å². The highest BCUT2D eigenvalue weighted by atomic mass is 16.5. The molecule has 0 spiro atoms. The highest BCUT2D eigenvalue weighted by Gasteiger charge is 2.24. The van der Waals surface area contributed by atoms with Gasteiger partial charge in [0.2, 0.25) is 11.8 Å². The molecule has 1 saturated heterocycles. The highest BCUT2D eigenvalue weighted by molar-refractivity contribution is 6.03. The van der Waals surface area contributed by atoms with E-state index >= 15 is 0 Å². The zero-order valence-corrected chi connectivity index (χ0v) is 13.1. The molecule has 3 rings (SSSR count). The number of benzene rings is 1. The predicted molar refractivity (Wildman–Crippen MR) is 86.5 cm³/mol. The van der Waals surface area contributed by atoms with Gasteiger partial charge in [-0.2, -0.15) is 0 Å². The molecule has 2 aliphatic rings. The van der Waals surface area contributed by atoms with E-state index in [1.54, 1.807) is 4.90 Å². The summed E-state index contributed by atoms with van der Waals surface area (Å²) in [5.74, 6) is -0.0767. The van der Waals surface area contributed by atoms with E-state index in [1.807, 2.05) is 24.3 Å². The van der Waals surface area contributed by atoms with E-state index in [0.717, 1.165) is 31.7 Å². The molecule has 0 aromatic heterocycles. The largest absolute Gasteiger partial charge is 0.381 e. The summed E-state index contributed by atoms with van der Waals surface area (Å²) in [6, 6.07) is 7.39. The van der Waals surface area contributed by atoms with Gasteiger partial charge in [-0.1, -0.05) is 12.1 Å². The summed E-state index contributed by atoms with van der Waals surface area (Å²) >= 11 is 0. The summed E-state index contributed by atoms with van der Waals surface area (Å²) in [6.45, 7) is 2.26. The Morgan fingerprint density at radius 2 is 2.09 bits per heavy atom. The van der Waals surface area contributed by atoms with Crippen molar-refractivity contribution in [3.63, 3.8) is 0 Å². The lowest BCUT2D eigenvalue weighted by molar-refractivity contribution is -0.120. The Kier molecular flexibility index (Phi) is 5.25. The lowest BCUT2D eigenvalue weighted by Gasteiger charge is -2.24. The SMILES string of the molecule is O=C1CCN(C(=O)CCOC2CCOCC2)c2ccccc2N1. The van der Waals surface area contributed by atoms with Gasteiger partial charge in [0, 0.05) is 26.2 Å². The molecular weight excluding hydrogens is 296 g/mol. The normalized spacial score (nSPS) is 19.0. The number of fused-ring (bicyclic) bond motifs is 1. The van der Waals surface area contributed by atoms with Crippen molar-refractivity contribution in [2.45, 2.75) is 31.8 Å². The molecule has 1 aromatic carbocycles. The summed E-state index contributed by atoms with van der Waals surface area (Å²) < 4.78 is 11.1. The Morgan fingerprint density at radius 3 is 2.91 bits per heavy atom. The quantitative estimate of drug-likeness (QED) is 0.921. The average Bonchev–Trinajstić information content (AvgIpc) is 2.74. The second-order valence-electron chi connectivity index (χ2n) is 5.79. The van der Waals surface area contributed by atoms with Crippen LogP contribution >= 0.6 is 0 Å². The fourth-order valence-electron chi connectivity index (χ4n) is 2.91. The van der Waals surface area contributed by atoms with Gasteiger partial charge in [0.05, 0.1) is 30.5 Å². The van der Waals surface area contributed by atoms with Crippen LogP contribution in [-0.2, 0) is 19.1 Å². The van der Waals surface area contributed by atoms with Crippen LogP contribution in [0.1, 0.15) is 25.7 Å². The first kappa shape index (κ1) is 16.0. The topological polar surface area (TPSA) is 67.9 Å². The van der Waals surface area contributed by atoms with Gasteiger partial charge in [0.1, 0.15) is 0 Å². The zero-order valence-electron chi connectivity index (χ0n) is 13.1. The van der Waals surface area contributed by atoms with Crippen LogP contribution in [0, 0.1) is 0 Å². The third kappa shape index (κ3) is 4.09. The van der Waals surface area contributed by atoms with E-state index in [0.29, 0.717) is 31.7 Å². The van der Waals surface area contributed by atoms with E-state index < -0.39 is 0 Å². The summed E-state index contributed by atoms with van der Waals surface area (Å²) in [4.78, 5) is 26.0. The van der Waals surface area contributed by atoms with Gasteiger partial charge in [-0.3, -0.25) is 9.59 Å². The first-order valence-corrected chi connectivity index (χ1v) is 8.12. The molecule has 2 heterocycles. The van der Waals surface area contributed by atoms with E-state index in [1.165, 1.54) is 0 Å². The fourth-order valence-corrected chi connectivity index (χ4v) is 2.91. The smallest absolute Gasteiger partial charge is 0.229 e. The number of hydrogen-bond acceptors (Lipinski definition) is 4. The first-order chi connectivity index (χ1) is 11.2. The van der Waals surface area contributed by atoms with Crippen molar-refractivity contribution in [2.75, 3.05) is 36.6 Å². The maximum Gasteiger partial charge on any atom is 0.229 e. The summed E-state index contributed by atoms with van der Waals surface area (Å²) in [5.41, 5.74) is 1.45. The first-order valence-electron chi connectivity index (χ1n) is 8.12. The molecule has 6 heteroatoms. The number of hydrogen-bond donors (Lipinski definition) is 1. The van der Waals surface area contributed by atoms with Gasteiger partial charge in [0.25, 0.3) is 0 Å². The number of para-hydroxylation sites is 2. The highest BCUT2D eigenvalue weighted by Crippen LogP contribution is 2.28. The number of carbonyl (C=O) groups is 2. The second-order valence-corrected chi connectivity index (χ2v) is 5.79. The minimum Gasteiger partial charge on any atom is -0.381 e. The molecule has 2 aliphatic heterocycles. The van der Waals surface area contributed by atoms with E-state index in [9.17, 15) is 9.59 Å². The van der Waals surface area contributed by atoms with Crippen molar-refractivity contribution in [2.24, 2.45) is 0 Å². The van der Waals surface area contributed by atoms with Crippen molar-refractivity contribution in [1.82, 2.24) is 0 Å². The van der Waals surface area contributed by atoms with Crippen molar-refractivity contribution < 1.29 is 19.1 Å². The molecular formula is C17H22N2O4. The van der Waals surface area contributed by atoms with Gasteiger partial charge in [-0.05, 0) is 25.0 Å². The fraction of sp³-hybridized carbons (Fsp3) is 0.529. The monoisotopic (exact) mass is 318 g/mol. The Balaban J connectivity index is 1.59. The average molecular weight is 318 g/mol. The molecule has 124 valence electrons. The minimum absolute atomic E-state index is 0.0130. The molecule has 23 heavy (non-hydrogen) atoms. The van der Waals surface area contributed by atoms with E-state index in [-0.39, 0.29) is 17.9 Å². The van der Waals surface area contributed by atoms with Crippen LogP contribution in [0.25, 0.3) is 0 Å². The van der Waals surface area contributed by atoms with Crippen LogP contribution in [0.15, 0.2) is 24.3 Å². The van der Waals surface area contributed by atoms with Crippen molar-refractivity contribution in [3.05, 3.63) is 24.3 Å². The van der Waals surface area contributed by atoms with Crippen molar-refractivity contribution in [1.29, 1.82) is 0 Å². The third-order valence-corrected chi connectivity index (χ3v) is 4.17. The number of rotatable bonds is 4. The Labute approximate surface area is 135 Å². The molecule has 0 saturated carbocycles. The van der Waals surface area contributed by atoms with Crippen molar-refractivity contribution in [3.8, 4) is 0 Å². The van der Waals surface area contributed by atoms with Gasteiger partial charge in [-0.25, -0.2) is 0 Å². The standard InChI is InChI=1S/C17H22N2O4/c20-16-5-9-19(15-4-2-1-3-14(15)18-16)17(21)8-12-23-13-6-10-22-11-7-13/h1-4,13H,5-12H2,(H,18,20). The summed E-state index contributed by atoms with van der Waals surface area (Å²) in [6.07, 6.45) is 2.59. The number of anilines is 2. The zero-order chi connectivity index (χ0) is 16.1. The Bertz CT molecular complexity index is 569. The molecule has 1 fully saturated rings. The molecule has 2 amide bonds. The molecule has 1 N–H and O–H groups in total. The molecule has 0 unspecified atom stereocenters. The second kappa shape index (κ2) is 7.57. The molecule has 0 radical (unpaired) electrons. The number of nitrogens with one attached hydrogen (secondary N) is 1. The van der Waals surface area contributed by atoms with Gasteiger partial charge < -0.3 is 19.7 Å². The van der Waals surface area contributed by atoms with Crippen LogP contribution < -0.4 is 10.2 Å². The molecule has 0 bridgehead atoms. The van der Waals surface area contributed by atoms with Gasteiger partial charge in [0.15, 0.2) is 0 Å².